The highest BCUT2D eigenvalue weighted by Gasteiger charge is 2.24. The van der Waals surface area contributed by atoms with Gasteiger partial charge in [0, 0.05) is 5.56 Å². The largest absolute Gasteiger partial charge is 0.490 e. The maximum atomic E-state index is 14.7. The van der Waals surface area contributed by atoms with E-state index in [1.54, 1.807) is 12.1 Å². The van der Waals surface area contributed by atoms with Crippen LogP contribution in [0.3, 0.4) is 0 Å². The quantitative estimate of drug-likeness (QED) is 0.224. The second-order valence-electron chi connectivity index (χ2n) is 10.3. The zero-order valence-corrected chi connectivity index (χ0v) is 20.9. The van der Waals surface area contributed by atoms with Crippen molar-refractivity contribution in [3.8, 4) is 5.75 Å². The summed E-state index contributed by atoms with van der Waals surface area (Å²) in [6.07, 6.45) is 23.6. The molecule has 184 valence electrons. The first-order chi connectivity index (χ1) is 16.1. The van der Waals surface area contributed by atoms with E-state index in [1.165, 1.54) is 57.8 Å². The second kappa shape index (κ2) is 13.9. The van der Waals surface area contributed by atoms with Crippen LogP contribution in [0.5, 0.6) is 5.75 Å². The molecule has 0 spiro atoms. The summed E-state index contributed by atoms with van der Waals surface area (Å²) in [5.41, 5.74) is 1.38. The molecule has 1 nitrogen and oxygen atoms in total. The van der Waals surface area contributed by atoms with E-state index >= 15 is 0 Å². The van der Waals surface area contributed by atoms with Crippen LogP contribution in [0, 0.1) is 29.4 Å². The molecule has 0 amide bonds. The van der Waals surface area contributed by atoms with Crippen LogP contribution >= 0.6 is 0 Å². The molecule has 1 atom stereocenters. The highest BCUT2D eigenvalue weighted by atomic mass is 19.2. The van der Waals surface area contributed by atoms with Gasteiger partial charge in [-0.3, -0.25) is 0 Å². The van der Waals surface area contributed by atoms with Crippen molar-refractivity contribution in [2.24, 2.45) is 17.8 Å². The molecule has 3 rings (SSSR count). The van der Waals surface area contributed by atoms with Crippen molar-refractivity contribution in [2.45, 2.75) is 104 Å². The van der Waals surface area contributed by atoms with Crippen LogP contribution in [-0.4, -0.2) is 6.61 Å². The average Bonchev–Trinajstić information content (AvgIpc) is 2.84. The van der Waals surface area contributed by atoms with Gasteiger partial charge in [0.05, 0.1) is 6.61 Å². The minimum Gasteiger partial charge on any atom is -0.490 e. The first-order valence-corrected chi connectivity index (χ1v) is 13.5. The molecule has 0 heterocycles. The Balaban J connectivity index is 1.41. The topological polar surface area (TPSA) is 9.23 Å². The minimum atomic E-state index is -0.843. The Morgan fingerprint density at radius 1 is 0.909 bits per heavy atom. The molecule has 0 N–H and O–H groups in total. The number of hydrogen-bond acceptors (Lipinski definition) is 1. The summed E-state index contributed by atoms with van der Waals surface area (Å²) < 4.78 is 34.5. The van der Waals surface area contributed by atoms with Gasteiger partial charge in [-0.1, -0.05) is 70.1 Å². The molecule has 0 aromatic heterocycles. The predicted octanol–water partition coefficient (Wildman–Crippen LogP) is 9.66. The highest BCUT2D eigenvalue weighted by molar-refractivity contribution is 5.67. The van der Waals surface area contributed by atoms with E-state index in [0.29, 0.717) is 18.1 Å². The van der Waals surface area contributed by atoms with Crippen LogP contribution in [0.25, 0.3) is 5.57 Å². The first kappa shape index (κ1) is 26.0. The summed E-state index contributed by atoms with van der Waals surface area (Å²) in [4.78, 5) is 0. The zero-order chi connectivity index (χ0) is 23.5. The summed E-state index contributed by atoms with van der Waals surface area (Å²) in [6, 6.07) is 3.29. The van der Waals surface area contributed by atoms with Crippen LogP contribution in [0.1, 0.15) is 109 Å². The number of unbranched alkanes of at least 4 members (excludes halogenated alkanes) is 2. The Labute approximate surface area is 200 Å². The van der Waals surface area contributed by atoms with E-state index in [1.807, 2.05) is 6.92 Å². The zero-order valence-electron chi connectivity index (χ0n) is 20.9. The fraction of sp³-hybridized carbons (Fsp3) is 0.667. The SMILES string of the molecule is C/C=C\CCCC1CCC(CCC2CC=C(c3ccc(OCCCC)c(F)c3F)CC2)CC1. The molecule has 0 bridgehead atoms. The summed E-state index contributed by atoms with van der Waals surface area (Å²) in [7, 11) is 0. The molecule has 1 saturated carbocycles. The van der Waals surface area contributed by atoms with E-state index < -0.39 is 11.6 Å². The van der Waals surface area contributed by atoms with Crippen LogP contribution in [0.2, 0.25) is 0 Å². The highest BCUT2D eigenvalue weighted by Crippen LogP contribution is 2.39. The summed E-state index contributed by atoms with van der Waals surface area (Å²) in [5, 5.41) is 0. The molecule has 2 aliphatic rings. The fourth-order valence-corrected chi connectivity index (χ4v) is 5.58. The molecule has 1 aromatic carbocycles. The van der Waals surface area contributed by atoms with Crippen molar-refractivity contribution >= 4 is 5.57 Å². The predicted molar refractivity (Wildman–Crippen MR) is 135 cm³/mol. The van der Waals surface area contributed by atoms with Gasteiger partial charge in [0.25, 0.3) is 0 Å². The van der Waals surface area contributed by atoms with E-state index in [-0.39, 0.29) is 5.75 Å². The van der Waals surface area contributed by atoms with Crippen molar-refractivity contribution in [3.63, 3.8) is 0 Å². The third kappa shape index (κ3) is 7.97. The van der Waals surface area contributed by atoms with Crippen molar-refractivity contribution in [1.29, 1.82) is 0 Å². The fourth-order valence-electron chi connectivity index (χ4n) is 5.58. The lowest BCUT2D eigenvalue weighted by molar-refractivity contribution is 0.236. The van der Waals surface area contributed by atoms with Gasteiger partial charge in [0.15, 0.2) is 11.6 Å². The van der Waals surface area contributed by atoms with Gasteiger partial charge in [0.1, 0.15) is 0 Å². The molecule has 0 radical (unpaired) electrons. The van der Waals surface area contributed by atoms with Gasteiger partial charge >= 0.3 is 0 Å². The van der Waals surface area contributed by atoms with Crippen molar-refractivity contribution in [2.75, 3.05) is 6.61 Å². The van der Waals surface area contributed by atoms with Gasteiger partial charge in [-0.25, -0.2) is 4.39 Å². The third-order valence-corrected chi connectivity index (χ3v) is 7.84. The normalized spacial score (nSPS) is 23.6. The molecule has 0 saturated heterocycles. The van der Waals surface area contributed by atoms with E-state index in [4.69, 9.17) is 4.74 Å². The molecular formula is C30H44F2O. The van der Waals surface area contributed by atoms with Crippen LogP contribution in [0.15, 0.2) is 30.4 Å². The number of benzene rings is 1. The number of hydrogen-bond donors (Lipinski definition) is 0. The van der Waals surface area contributed by atoms with Crippen LogP contribution < -0.4 is 4.74 Å². The number of allylic oxidation sites excluding steroid dienone is 4. The molecule has 1 unspecified atom stereocenters. The lowest BCUT2D eigenvalue weighted by atomic mass is 9.76. The lowest BCUT2D eigenvalue weighted by Gasteiger charge is -2.30. The summed E-state index contributed by atoms with van der Waals surface area (Å²) in [6.45, 7) is 4.58. The molecule has 0 aliphatic heterocycles. The maximum absolute atomic E-state index is 14.7. The standard InChI is InChI=1S/C30H44F2O/c1-3-5-7-8-9-23-10-12-24(13-11-23)14-15-25-16-18-26(19-17-25)27-20-21-28(30(32)29(27)31)33-22-6-4-2/h3,5,18,20-21,23-25H,4,6-17,19,22H2,1-2H3/b5-3-. The molecular weight excluding hydrogens is 414 g/mol. The Hall–Kier alpha value is -1.64. The van der Waals surface area contributed by atoms with Crippen molar-refractivity contribution in [1.82, 2.24) is 0 Å². The average molecular weight is 459 g/mol. The molecule has 1 aromatic rings. The van der Waals surface area contributed by atoms with Gasteiger partial charge in [0.2, 0.25) is 5.82 Å². The van der Waals surface area contributed by atoms with Crippen molar-refractivity contribution in [3.05, 3.63) is 47.6 Å². The van der Waals surface area contributed by atoms with E-state index in [9.17, 15) is 8.78 Å². The van der Waals surface area contributed by atoms with Crippen LogP contribution in [-0.2, 0) is 0 Å². The lowest BCUT2D eigenvalue weighted by Crippen LogP contribution is -2.16. The Bertz CT molecular complexity index is 774. The first-order valence-electron chi connectivity index (χ1n) is 13.5. The van der Waals surface area contributed by atoms with Gasteiger partial charge in [-0.2, -0.15) is 4.39 Å². The number of ether oxygens (including phenoxy) is 1. The Kier molecular flexibility index (Phi) is 11.0. The second-order valence-corrected chi connectivity index (χ2v) is 10.3. The van der Waals surface area contributed by atoms with Gasteiger partial charge in [-0.05, 0) is 87.3 Å². The van der Waals surface area contributed by atoms with Crippen molar-refractivity contribution < 1.29 is 13.5 Å². The third-order valence-electron chi connectivity index (χ3n) is 7.84. The monoisotopic (exact) mass is 458 g/mol. The maximum Gasteiger partial charge on any atom is 0.201 e. The minimum absolute atomic E-state index is 0.0338. The van der Waals surface area contributed by atoms with Gasteiger partial charge in [-0.15, -0.1) is 0 Å². The van der Waals surface area contributed by atoms with E-state index in [0.717, 1.165) is 49.5 Å². The molecule has 33 heavy (non-hydrogen) atoms. The number of rotatable bonds is 12. The Morgan fingerprint density at radius 2 is 1.64 bits per heavy atom. The number of halogens is 2. The van der Waals surface area contributed by atoms with Crippen LogP contribution in [0.4, 0.5) is 8.78 Å². The van der Waals surface area contributed by atoms with E-state index in [2.05, 4.69) is 25.2 Å². The molecule has 1 fully saturated rings. The Morgan fingerprint density at radius 3 is 2.30 bits per heavy atom. The molecule has 2 aliphatic carbocycles. The summed E-state index contributed by atoms with van der Waals surface area (Å²) >= 11 is 0. The molecule has 3 heteroatoms. The van der Waals surface area contributed by atoms with Gasteiger partial charge < -0.3 is 4.74 Å². The smallest absolute Gasteiger partial charge is 0.201 e. The summed E-state index contributed by atoms with van der Waals surface area (Å²) in [5.74, 6) is 0.975.